The molecular weight excluding hydrogens is 326 g/mol. The molecule has 1 aliphatic carbocycles. The average molecular weight is 349 g/mol. The van der Waals surface area contributed by atoms with Crippen molar-refractivity contribution >= 4 is 12.0 Å². The number of hydrogen-bond acceptors (Lipinski definition) is 5. The highest BCUT2D eigenvalue weighted by Crippen LogP contribution is 2.53. The number of piperidine rings is 1. The summed E-state index contributed by atoms with van der Waals surface area (Å²) in [5.41, 5.74) is 2.11. The lowest BCUT2D eigenvalue weighted by Gasteiger charge is -2.19. The van der Waals surface area contributed by atoms with Crippen molar-refractivity contribution in [3.63, 3.8) is 0 Å². The van der Waals surface area contributed by atoms with Crippen molar-refractivity contribution in [1.82, 2.24) is 25.2 Å². The molecule has 0 spiro atoms. The number of rotatable bonds is 7. The summed E-state index contributed by atoms with van der Waals surface area (Å²) in [4.78, 5) is 26.5. The van der Waals surface area contributed by atoms with Gasteiger partial charge in [0.05, 0.1) is 0 Å². The first-order chi connectivity index (χ1) is 12.8. The van der Waals surface area contributed by atoms with Gasteiger partial charge >= 0.3 is 0 Å². The molecule has 1 aliphatic heterocycles. The summed E-state index contributed by atoms with van der Waals surface area (Å²) in [6.07, 6.45) is 13.3. The number of nitrogens with zero attached hydrogens (tertiary/aromatic N) is 4. The van der Waals surface area contributed by atoms with Gasteiger partial charge < -0.3 is 5.32 Å². The number of amides is 1. The molecule has 2 aromatic heterocycles. The predicted octanol–water partition coefficient (Wildman–Crippen LogP) is 1.77. The topological polar surface area (TPSA) is 71.0 Å². The Hall–Kier alpha value is -2.60. The van der Waals surface area contributed by atoms with Gasteiger partial charge in [0.2, 0.25) is 5.91 Å². The Morgan fingerprint density at radius 2 is 2.00 bits per heavy atom. The summed E-state index contributed by atoms with van der Waals surface area (Å²) in [5.74, 6) is 2.32. The monoisotopic (exact) mass is 349 g/mol. The van der Waals surface area contributed by atoms with Crippen LogP contribution in [0, 0.1) is 17.8 Å². The summed E-state index contributed by atoms with van der Waals surface area (Å²) in [7, 11) is 0. The van der Waals surface area contributed by atoms with E-state index < -0.39 is 0 Å². The number of aromatic nitrogens is 3. The third kappa shape index (κ3) is 4.14. The smallest absolute Gasteiger partial charge is 0.244 e. The highest BCUT2D eigenvalue weighted by molar-refractivity contribution is 5.91. The Balaban J connectivity index is 1.14. The van der Waals surface area contributed by atoms with Crippen molar-refractivity contribution in [3.8, 4) is 0 Å². The van der Waals surface area contributed by atoms with Crippen LogP contribution in [0.4, 0.5) is 0 Å². The molecule has 1 N–H and O–H groups in total. The van der Waals surface area contributed by atoms with E-state index in [1.54, 1.807) is 30.9 Å². The second-order valence-corrected chi connectivity index (χ2v) is 7.13. The number of hydrogen-bond donors (Lipinski definition) is 1. The van der Waals surface area contributed by atoms with E-state index >= 15 is 0 Å². The zero-order valence-electron chi connectivity index (χ0n) is 14.7. The lowest BCUT2D eigenvalue weighted by atomic mass is 10.2. The van der Waals surface area contributed by atoms with E-state index in [4.69, 9.17) is 0 Å². The van der Waals surface area contributed by atoms with E-state index in [0.29, 0.717) is 0 Å². The molecule has 3 heterocycles. The van der Waals surface area contributed by atoms with Crippen LogP contribution in [0.3, 0.4) is 0 Å². The van der Waals surface area contributed by atoms with Gasteiger partial charge in [-0.05, 0) is 41.9 Å². The molecule has 1 saturated heterocycles. The van der Waals surface area contributed by atoms with Gasteiger partial charge in [0.1, 0.15) is 6.33 Å². The fraction of sp³-hybridized carbons (Fsp3) is 0.400. The van der Waals surface area contributed by atoms with E-state index in [2.05, 4.69) is 25.2 Å². The summed E-state index contributed by atoms with van der Waals surface area (Å²) in [5, 5.41) is 2.99. The summed E-state index contributed by atoms with van der Waals surface area (Å²) < 4.78 is 0. The quantitative estimate of drug-likeness (QED) is 0.772. The van der Waals surface area contributed by atoms with Gasteiger partial charge in [0, 0.05) is 62.6 Å². The molecule has 0 aromatic carbocycles. The normalized spacial score (nSPS) is 24.5. The van der Waals surface area contributed by atoms with Crippen LogP contribution < -0.4 is 5.32 Å². The van der Waals surface area contributed by atoms with Crippen LogP contribution in [0.25, 0.3) is 6.08 Å². The van der Waals surface area contributed by atoms with Gasteiger partial charge in [-0.1, -0.05) is 6.07 Å². The highest BCUT2D eigenvalue weighted by atomic mass is 16.1. The SMILES string of the molecule is O=C(/C=C/c1cccnc1)NCC[C@@H]1[C@H]2CN(Cc3cncnc3)C[C@@H]12. The molecule has 0 unspecified atom stereocenters. The second kappa shape index (κ2) is 7.74. The molecule has 134 valence electrons. The number of carbonyl (C=O) groups excluding carboxylic acids is 1. The number of pyridine rings is 1. The van der Waals surface area contributed by atoms with Gasteiger partial charge in [-0.3, -0.25) is 14.7 Å². The lowest BCUT2D eigenvalue weighted by molar-refractivity contribution is -0.116. The first-order valence-electron chi connectivity index (χ1n) is 9.12. The maximum absolute atomic E-state index is 11.9. The van der Waals surface area contributed by atoms with Gasteiger partial charge in [-0.25, -0.2) is 9.97 Å². The largest absolute Gasteiger partial charge is 0.353 e. The number of likely N-dealkylation sites (tertiary alicyclic amines) is 1. The Morgan fingerprint density at radius 3 is 2.73 bits per heavy atom. The average Bonchev–Trinajstić information content (AvgIpc) is 3.12. The van der Waals surface area contributed by atoms with Crippen molar-refractivity contribution in [2.75, 3.05) is 19.6 Å². The summed E-state index contributed by atoms with van der Waals surface area (Å²) in [6, 6.07) is 3.78. The van der Waals surface area contributed by atoms with Crippen molar-refractivity contribution in [2.45, 2.75) is 13.0 Å². The molecule has 2 fully saturated rings. The zero-order valence-corrected chi connectivity index (χ0v) is 14.7. The lowest BCUT2D eigenvalue weighted by Crippen LogP contribution is -2.26. The van der Waals surface area contributed by atoms with Gasteiger partial charge in [-0.2, -0.15) is 0 Å². The Labute approximate surface area is 153 Å². The standard InChI is InChI=1S/C20H23N5O/c26-20(4-3-15-2-1-6-21-8-15)24-7-5-17-18-12-25(13-19(17)18)11-16-9-22-14-23-10-16/h1-4,6,8-10,14,17-19H,5,7,11-13H2,(H,24,26)/b4-3+/t17-,18-,19+. The molecular formula is C20H23N5O. The highest BCUT2D eigenvalue weighted by Gasteiger charge is 2.54. The first kappa shape index (κ1) is 16.8. The van der Waals surface area contributed by atoms with Crippen LogP contribution in [-0.4, -0.2) is 45.4 Å². The van der Waals surface area contributed by atoms with Crippen molar-refractivity contribution in [1.29, 1.82) is 0 Å². The Kier molecular flexibility index (Phi) is 5.02. The maximum Gasteiger partial charge on any atom is 0.244 e. The minimum atomic E-state index is -0.0367. The summed E-state index contributed by atoms with van der Waals surface area (Å²) >= 11 is 0. The zero-order chi connectivity index (χ0) is 17.8. The van der Waals surface area contributed by atoms with E-state index in [1.807, 2.05) is 24.5 Å². The van der Waals surface area contributed by atoms with Crippen molar-refractivity contribution in [3.05, 3.63) is 60.5 Å². The van der Waals surface area contributed by atoms with Gasteiger partial charge in [-0.15, -0.1) is 0 Å². The molecule has 6 heteroatoms. The number of carbonyl (C=O) groups is 1. The van der Waals surface area contributed by atoms with Crippen LogP contribution in [0.15, 0.2) is 49.3 Å². The number of nitrogens with one attached hydrogen (secondary N) is 1. The summed E-state index contributed by atoms with van der Waals surface area (Å²) in [6.45, 7) is 4.00. The van der Waals surface area contributed by atoms with Gasteiger partial charge in [0.25, 0.3) is 0 Å². The van der Waals surface area contributed by atoms with E-state index in [-0.39, 0.29) is 5.91 Å². The molecule has 3 atom stereocenters. The first-order valence-corrected chi connectivity index (χ1v) is 9.12. The fourth-order valence-corrected chi connectivity index (χ4v) is 4.03. The maximum atomic E-state index is 11.9. The van der Waals surface area contributed by atoms with Crippen LogP contribution in [-0.2, 0) is 11.3 Å². The van der Waals surface area contributed by atoms with Gasteiger partial charge in [0.15, 0.2) is 0 Å². The molecule has 26 heavy (non-hydrogen) atoms. The third-order valence-corrected chi connectivity index (χ3v) is 5.36. The Bertz CT molecular complexity index is 752. The molecule has 0 radical (unpaired) electrons. The number of fused-ring (bicyclic) bond motifs is 1. The molecule has 6 nitrogen and oxygen atoms in total. The van der Waals surface area contributed by atoms with Crippen molar-refractivity contribution in [2.24, 2.45) is 17.8 Å². The molecule has 2 aromatic rings. The third-order valence-electron chi connectivity index (χ3n) is 5.36. The van der Waals surface area contributed by atoms with Crippen molar-refractivity contribution < 1.29 is 4.79 Å². The molecule has 4 rings (SSSR count). The second-order valence-electron chi connectivity index (χ2n) is 7.13. The molecule has 1 amide bonds. The fourth-order valence-electron chi connectivity index (χ4n) is 4.03. The predicted molar refractivity (Wildman–Crippen MR) is 98.7 cm³/mol. The Morgan fingerprint density at radius 1 is 1.19 bits per heavy atom. The molecule has 1 saturated carbocycles. The van der Waals surface area contributed by atoms with Crippen LogP contribution in [0.2, 0.25) is 0 Å². The molecule has 0 bridgehead atoms. The minimum absolute atomic E-state index is 0.0367. The van der Waals surface area contributed by atoms with Crippen LogP contribution in [0.5, 0.6) is 0 Å². The van der Waals surface area contributed by atoms with E-state index in [0.717, 1.165) is 55.9 Å². The van der Waals surface area contributed by atoms with E-state index in [1.165, 1.54) is 5.56 Å². The molecule has 2 aliphatic rings. The minimum Gasteiger partial charge on any atom is -0.353 e. The van der Waals surface area contributed by atoms with Crippen LogP contribution >= 0.6 is 0 Å². The van der Waals surface area contributed by atoms with E-state index in [9.17, 15) is 4.79 Å². The van der Waals surface area contributed by atoms with Crippen LogP contribution in [0.1, 0.15) is 17.5 Å².